The number of benzene rings is 1. The second-order valence-electron chi connectivity index (χ2n) is 4.71. The molecule has 0 saturated carbocycles. The average Bonchev–Trinajstić information content (AvgIpc) is 2.38. The standard InChI is InChI=1S/C14H21N3O3/c1-9(2)15-14(19)17-13(18)10(3)16-11-5-7-12(20-4)8-6-11/h5-10,16H,1-4H3,(H2,15,17,18,19)/t10-/m1/s1. The van der Waals surface area contributed by atoms with Gasteiger partial charge in [-0.25, -0.2) is 4.79 Å². The monoisotopic (exact) mass is 279 g/mol. The van der Waals surface area contributed by atoms with Gasteiger partial charge < -0.3 is 15.4 Å². The summed E-state index contributed by atoms with van der Waals surface area (Å²) in [5.74, 6) is 0.350. The number of hydrogen-bond acceptors (Lipinski definition) is 4. The summed E-state index contributed by atoms with van der Waals surface area (Å²) >= 11 is 0. The third-order valence-electron chi connectivity index (χ3n) is 2.52. The summed E-state index contributed by atoms with van der Waals surface area (Å²) in [6.07, 6.45) is 0. The third kappa shape index (κ3) is 5.17. The topological polar surface area (TPSA) is 79.5 Å². The van der Waals surface area contributed by atoms with Crippen LogP contribution in [-0.2, 0) is 4.79 Å². The molecule has 6 nitrogen and oxygen atoms in total. The smallest absolute Gasteiger partial charge is 0.321 e. The molecule has 0 radical (unpaired) electrons. The Bertz CT molecular complexity index is 457. The fourth-order valence-corrected chi connectivity index (χ4v) is 1.52. The number of carbonyl (C=O) groups is 2. The highest BCUT2D eigenvalue weighted by molar-refractivity contribution is 5.98. The molecule has 3 N–H and O–H groups in total. The van der Waals surface area contributed by atoms with Gasteiger partial charge in [-0.05, 0) is 45.0 Å². The molecule has 0 aromatic heterocycles. The van der Waals surface area contributed by atoms with Crippen molar-refractivity contribution >= 4 is 17.6 Å². The van der Waals surface area contributed by atoms with Crippen LogP contribution in [0.15, 0.2) is 24.3 Å². The first-order valence-corrected chi connectivity index (χ1v) is 6.44. The van der Waals surface area contributed by atoms with Gasteiger partial charge in [0.25, 0.3) is 0 Å². The van der Waals surface area contributed by atoms with E-state index in [1.165, 1.54) is 0 Å². The third-order valence-corrected chi connectivity index (χ3v) is 2.52. The Labute approximate surface area is 118 Å². The molecule has 1 atom stereocenters. The molecule has 0 aliphatic rings. The summed E-state index contributed by atoms with van der Waals surface area (Å²) in [4.78, 5) is 23.2. The van der Waals surface area contributed by atoms with Crippen LogP contribution < -0.4 is 20.7 Å². The quantitative estimate of drug-likeness (QED) is 0.767. The van der Waals surface area contributed by atoms with Crippen LogP contribution in [0.5, 0.6) is 5.75 Å². The highest BCUT2D eigenvalue weighted by atomic mass is 16.5. The van der Waals surface area contributed by atoms with Crippen molar-refractivity contribution in [3.05, 3.63) is 24.3 Å². The predicted molar refractivity (Wildman–Crippen MR) is 77.9 cm³/mol. The summed E-state index contributed by atoms with van der Waals surface area (Å²) in [5.41, 5.74) is 0.776. The van der Waals surface area contributed by atoms with Gasteiger partial charge in [0, 0.05) is 11.7 Å². The zero-order valence-electron chi connectivity index (χ0n) is 12.2. The van der Waals surface area contributed by atoms with Gasteiger partial charge in [0.2, 0.25) is 5.91 Å². The summed E-state index contributed by atoms with van der Waals surface area (Å²) in [7, 11) is 1.59. The molecule has 20 heavy (non-hydrogen) atoms. The molecular formula is C14H21N3O3. The molecule has 0 heterocycles. The van der Waals surface area contributed by atoms with Gasteiger partial charge in [0.05, 0.1) is 7.11 Å². The molecule has 0 spiro atoms. The number of urea groups is 1. The zero-order chi connectivity index (χ0) is 15.1. The number of ether oxygens (including phenoxy) is 1. The lowest BCUT2D eigenvalue weighted by molar-refractivity contribution is -0.120. The maximum atomic E-state index is 11.8. The number of amides is 3. The van der Waals surface area contributed by atoms with E-state index in [4.69, 9.17) is 4.74 Å². The first-order chi connectivity index (χ1) is 9.42. The maximum absolute atomic E-state index is 11.8. The van der Waals surface area contributed by atoms with Gasteiger partial charge in [0.1, 0.15) is 11.8 Å². The van der Waals surface area contributed by atoms with Crippen molar-refractivity contribution in [2.45, 2.75) is 32.9 Å². The molecule has 110 valence electrons. The van der Waals surface area contributed by atoms with E-state index >= 15 is 0 Å². The van der Waals surface area contributed by atoms with Crippen molar-refractivity contribution < 1.29 is 14.3 Å². The molecule has 0 fully saturated rings. The second kappa shape index (κ2) is 7.37. The van der Waals surface area contributed by atoms with E-state index < -0.39 is 12.1 Å². The second-order valence-corrected chi connectivity index (χ2v) is 4.71. The van der Waals surface area contributed by atoms with Gasteiger partial charge in [0.15, 0.2) is 0 Å². The Kier molecular flexibility index (Phi) is 5.83. The van der Waals surface area contributed by atoms with Crippen LogP contribution in [-0.4, -0.2) is 31.1 Å². The summed E-state index contributed by atoms with van der Waals surface area (Å²) in [5, 5.41) is 7.87. The lowest BCUT2D eigenvalue weighted by atomic mass is 10.2. The van der Waals surface area contributed by atoms with E-state index in [1.54, 1.807) is 38.3 Å². The van der Waals surface area contributed by atoms with E-state index in [-0.39, 0.29) is 11.9 Å². The number of hydrogen-bond donors (Lipinski definition) is 3. The number of anilines is 1. The molecule has 0 aliphatic heterocycles. The van der Waals surface area contributed by atoms with E-state index in [0.29, 0.717) is 0 Å². The normalized spacial score (nSPS) is 11.7. The molecule has 0 saturated heterocycles. The van der Waals surface area contributed by atoms with Crippen molar-refractivity contribution in [2.75, 3.05) is 12.4 Å². The van der Waals surface area contributed by atoms with E-state index in [2.05, 4.69) is 16.0 Å². The summed E-state index contributed by atoms with van der Waals surface area (Å²) in [6.45, 7) is 5.33. The SMILES string of the molecule is COc1ccc(N[C@H](C)C(=O)NC(=O)NC(C)C)cc1. The molecule has 1 rings (SSSR count). The lowest BCUT2D eigenvalue weighted by Gasteiger charge is -2.16. The van der Waals surface area contributed by atoms with Gasteiger partial charge >= 0.3 is 6.03 Å². The number of carbonyl (C=O) groups excluding carboxylic acids is 2. The van der Waals surface area contributed by atoms with Crippen LogP contribution in [0.4, 0.5) is 10.5 Å². The Hall–Kier alpha value is -2.24. The van der Waals surface area contributed by atoms with Crippen LogP contribution in [0.1, 0.15) is 20.8 Å². The molecule has 1 aromatic rings. The Morgan fingerprint density at radius 3 is 2.20 bits per heavy atom. The van der Waals surface area contributed by atoms with Gasteiger partial charge in [-0.15, -0.1) is 0 Å². The van der Waals surface area contributed by atoms with Crippen molar-refractivity contribution in [1.82, 2.24) is 10.6 Å². The number of nitrogens with one attached hydrogen (secondary N) is 3. The van der Waals surface area contributed by atoms with Crippen molar-refractivity contribution in [3.8, 4) is 5.75 Å². The van der Waals surface area contributed by atoms with Crippen molar-refractivity contribution in [2.24, 2.45) is 0 Å². The first kappa shape index (κ1) is 15.8. The van der Waals surface area contributed by atoms with Crippen molar-refractivity contribution in [1.29, 1.82) is 0 Å². The minimum absolute atomic E-state index is 0.0207. The van der Waals surface area contributed by atoms with Crippen LogP contribution in [0, 0.1) is 0 Å². The van der Waals surface area contributed by atoms with E-state index in [0.717, 1.165) is 11.4 Å². The molecule has 3 amide bonds. The number of rotatable bonds is 5. The van der Waals surface area contributed by atoms with Gasteiger partial charge in [-0.1, -0.05) is 0 Å². The first-order valence-electron chi connectivity index (χ1n) is 6.44. The predicted octanol–water partition coefficient (Wildman–Crippen LogP) is 1.73. The molecule has 0 bridgehead atoms. The van der Waals surface area contributed by atoms with E-state index in [1.807, 2.05) is 13.8 Å². The number of imide groups is 1. The minimum atomic E-state index is -0.527. The van der Waals surface area contributed by atoms with E-state index in [9.17, 15) is 9.59 Å². The largest absolute Gasteiger partial charge is 0.497 e. The van der Waals surface area contributed by atoms with Gasteiger partial charge in [-0.2, -0.15) is 0 Å². The highest BCUT2D eigenvalue weighted by Gasteiger charge is 2.15. The fourth-order valence-electron chi connectivity index (χ4n) is 1.52. The van der Waals surface area contributed by atoms with Crippen molar-refractivity contribution in [3.63, 3.8) is 0 Å². The molecule has 0 aliphatic carbocycles. The minimum Gasteiger partial charge on any atom is -0.497 e. The number of methoxy groups -OCH3 is 1. The molecule has 0 unspecified atom stereocenters. The lowest BCUT2D eigenvalue weighted by Crippen LogP contribution is -2.47. The molecule has 1 aromatic carbocycles. The molecule has 6 heteroatoms. The Morgan fingerprint density at radius 2 is 1.70 bits per heavy atom. The van der Waals surface area contributed by atoms with Crippen LogP contribution in [0.2, 0.25) is 0 Å². The average molecular weight is 279 g/mol. The highest BCUT2D eigenvalue weighted by Crippen LogP contribution is 2.15. The van der Waals surface area contributed by atoms with Crippen LogP contribution in [0.3, 0.4) is 0 Å². The fraction of sp³-hybridized carbons (Fsp3) is 0.429. The zero-order valence-corrected chi connectivity index (χ0v) is 12.2. The Balaban J connectivity index is 2.50. The van der Waals surface area contributed by atoms with Gasteiger partial charge in [-0.3, -0.25) is 10.1 Å². The molecular weight excluding hydrogens is 258 g/mol. The van der Waals surface area contributed by atoms with Crippen LogP contribution >= 0.6 is 0 Å². The maximum Gasteiger partial charge on any atom is 0.321 e. The summed E-state index contributed by atoms with van der Waals surface area (Å²) < 4.78 is 5.05. The Morgan fingerprint density at radius 1 is 1.10 bits per heavy atom. The van der Waals surface area contributed by atoms with Crippen LogP contribution in [0.25, 0.3) is 0 Å². The summed E-state index contributed by atoms with van der Waals surface area (Å²) in [6, 6.07) is 6.15.